The van der Waals surface area contributed by atoms with Crippen molar-refractivity contribution in [1.29, 1.82) is 0 Å². The Kier molecular flexibility index (Phi) is 3.54. The van der Waals surface area contributed by atoms with Gasteiger partial charge in [-0.1, -0.05) is 6.92 Å². The van der Waals surface area contributed by atoms with E-state index in [0.29, 0.717) is 19.0 Å². The van der Waals surface area contributed by atoms with E-state index in [9.17, 15) is 9.59 Å². The van der Waals surface area contributed by atoms with E-state index in [4.69, 9.17) is 0 Å². The van der Waals surface area contributed by atoms with Crippen molar-refractivity contribution in [2.45, 2.75) is 32.7 Å². The molecule has 1 aliphatic carbocycles. The summed E-state index contributed by atoms with van der Waals surface area (Å²) in [7, 11) is 0. The van der Waals surface area contributed by atoms with Crippen molar-refractivity contribution >= 4 is 11.9 Å². The fourth-order valence-electron chi connectivity index (χ4n) is 2.15. The molecule has 1 saturated carbocycles. The Morgan fingerprint density at radius 3 is 2.53 bits per heavy atom. The number of urea groups is 1. The van der Waals surface area contributed by atoms with Gasteiger partial charge in [-0.05, 0) is 24.7 Å². The smallest absolute Gasteiger partial charge is 0.315 e. The minimum atomic E-state index is -0.106. The largest absolute Gasteiger partial charge is 0.339 e. The van der Waals surface area contributed by atoms with Gasteiger partial charge < -0.3 is 15.5 Å². The Bertz CT molecular complexity index is 309. The molecule has 3 amide bonds. The molecule has 2 fully saturated rings. The average Bonchev–Trinajstić information content (AvgIpc) is 3.02. The van der Waals surface area contributed by atoms with Gasteiger partial charge in [0.15, 0.2) is 0 Å². The highest BCUT2D eigenvalue weighted by Gasteiger charge is 2.30. The third kappa shape index (κ3) is 3.35. The summed E-state index contributed by atoms with van der Waals surface area (Å²) in [6.45, 7) is 5.76. The highest BCUT2D eigenvalue weighted by atomic mass is 16.2. The maximum Gasteiger partial charge on any atom is 0.315 e. The van der Waals surface area contributed by atoms with Gasteiger partial charge in [0.2, 0.25) is 5.91 Å². The second-order valence-electron chi connectivity index (χ2n) is 5.29. The Morgan fingerprint density at radius 2 is 2.00 bits per heavy atom. The Labute approximate surface area is 102 Å². The molecule has 0 radical (unpaired) electrons. The van der Waals surface area contributed by atoms with Gasteiger partial charge in [-0.15, -0.1) is 0 Å². The quantitative estimate of drug-likeness (QED) is 0.753. The number of rotatable bonds is 4. The van der Waals surface area contributed by atoms with Crippen molar-refractivity contribution in [3.63, 3.8) is 0 Å². The summed E-state index contributed by atoms with van der Waals surface area (Å²) in [6.07, 6.45) is 2.61. The first kappa shape index (κ1) is 12.2. The van der Waals surface area contributed by atoms with Crippen LogP contribution in [-0.2, 0) is 4.79 Å². The van der Waals surface area contributed by atoms with E-state index in [0.717, 1.165) is 12.5 Å². The predicted molar refractivity (Wildman–Crippen MR) is 64.5 cm³/mol. The normalized spacial score (nSPS) is 21.6. The maximum atomic E-state index is 11.5. The van der Waals surface area contributed by atoms with E-state index < -0.39 is 0 Å². The summed E-state index contributed by atoms with van der Waals surface area (Å²) in [5.74, 6) is 1.47. The molecule has 0 spiro atoms. The zero-order chi connectivity index (χ0) is 12.4. The molecule has 1 saturated heterocycles. The van der Waals surface area contributed by atoms with Gasteiger partial charge in [-0.25, -0.2) is 4.79 Å². The lowest BCUT2D eigenvalue weighted by Gasteiger charge is -2.38. The lowest BCUT2D eigenvalue weighted by atomic mass is 10.1. The molecule has 0 aromatic carbocycles. The van der Waals surface area contributed by atoms with Crippen LogP contribution in [0.3, 0.4) is 0 Å². The molecule has 0 aromatic heterocycles. The van der Waals surface area contributed by atoms with Crippen molar-refractivity contribution < 1.29 is 9.59 Å². The summed E-state index contributed by atoms with van der Waals surface area (Å²) < 4.78 is 0. The third-order valence-electron chi connectivity index (χ3n) is 3.67. The zero-order valence-electron chi connectivity index (χ0n) is 10.5. The number of nitrogens with one attached hydrogen (secondary N) is 2. The molecule has 5 nitrogen and oxygen atoms in total. The topological polar surface area (TPSA) is 61.4 Å². The summed E-state index contributed by atoms with van der Waals surface area (Å²) in [5.41, 5.74) is 0. The molecular weight excluding hydrogens is 218 g/mol. The molecule has 96 valence electrons. The Balaban J connectivity index is 1.57. The number of nitrogens with zero attached hydrogens (tertiary/aromatic N) is 1. The van der Waals surface area contributed by atoms with Crippen LogP contribution in [0.5, 0.6) is 0 Å². The molecule has 0 bridgehead atoms. The minimum Gasteiger partial charge on any atom is -0.339 e. The summed E-state index contributed by atoms with van der Waals surface area (Å²) in [6, 6.07) is 0.0147. The molecule has 17 heavy (non-hydrogen) atoms. The van der Waals surface area contributed by atoms with Gasteiger partial charge in [-0.3, -0.25) is 4.79 Å². The van der Waals surface area contributed by atoms with Gasteiger partial charge in [0.25, 0.3) is 0 Å². The van der Waals surface area contributed by atoms with Crippen molar-refractivity contribution in [3.8, 4) is 0 Å². The Morgan fingerprint density at radius 1 is 1.35 bits per heavy atom. The van der Waals surface area contributed by atoms with Crippen molar-refractivity contribution in [2.24, 2.45) is 11.8 Å². The average molecular weight is 239 g/mol. The number of hydrogen-bond acceptors (Lipinski definition) is 2. The van der Waals surface area contributed by atoms with Crippen LogP contribution in [0.1, 0.15) is 26.7 Å². The predicted octanol–water partition coefficient (Wildman–Crippen LogP) is 0.562. The van der Waals surface area contributed by atoms with E-state index in [-0.39, 0.29) is 18.0 Å². The SMILES string of the molecule is CC(=O)N1CC(NC(=O)NC[C@H](C)C2CC2)C1. The number of amides is 3. The van der Waals surface area contributed by atoms with Crippen LogP contribution in [0.25, 0.3) is 0 Å². The second-order valence-corrected chi connectivity index (χ2v) is 5.29. The van der Waals surface area contributed by atoms with E-state index >= 15 is 0 Å². The fraction of sp³-hybridized carbons (Fsp3) is 0.833. The van der Waals surface area contributed by atoms with Gasteiger partial charge in [0.1, 0.15) is 0 Å². The monoisotopic (exact) mass is 239 g/mol. The second kappa shape index (κ2) is 4.94. The molecular formula is C12H21N3O2. The molecule has 0 unspecified atom stereocenters. The highest BCUT2D eigenvalue weighted by Crippen LogP contribution is 2.35. The summed E-state index contributed by atoms with van der Waals surface area (Å²) in [5, 5.41) is 5.77. The molecule has 5 heteroatoms. The third-order valence-corrected chi connectivity index (χ3v) is 3.67. The number of carbonyl (C=O) groups excluding carboxylic acids is 2. The lowest BCUT2D eigenvalue weighted by molar-refractivity contribution is -0.133. The zero-order valence-corrected chi connectivity index (χ0v) is 10.5. The van der Waals surface area contributed by atoms with Gasteiger partial charge >= 0.3 is 6.03 Å². The number of carbonyl (C=O) groups is 2. The van der Waals surface area contributed by atoms with Crippen LogP contribution < -0.4 is 10.6 Å². The fourth-order valence-corrected chi connectivity index (χ4v) is 2.15. The van der Waals surface area contributed by atoms with E-state index in [1.807, 2.05) is 0 Å². The molecule has 2 rings (SSSR count). The summed E-state index contributed by atoms with van der Waals surface area (Å²) in [4.78, 5) is 24.2. The van der Waals surface area contributed by atoms with Crippen LogP contribution in [-0.4, -0.2) is 42.5 Å². The molecule has 1 atom stereocenters. The van der Waals surface area contributed by atoms with Crippen LogP contribution in [0, 0.1) is 11.8 Å². The van der Waals surface area contributed by atoms with Gasteiger partial charge in [-0.2, -0.15) is 0 Å². The highest BCUT2D eigenvalue weighted by molar-refractivity contribution is 5.76. The van der Waals surface area contributed by atoms with Crippen LogP contribution in [0.2, 0.25) is 0 Å². The van der Waals surface area contributed by atoms with Gasteiger partial charge in [0, 0.05) is 26.6 Å². The lowest BCUT2D eigenvalue weighted by Crippen LogP contribution is -2.62. The van der Waals surface area contributed by atoms with Crippen LogP contribution >= 0.6 is 0 Å². The van der Waals surface area contributed by atoms with Gasteiger partial charge in [0.05, 0.1) is 6.04 Å². The first-order chi connectivity index (χ1) is 8.06. The standard InChI is InChI=1S/C12H21N3O2/c1-8(10-3-4-10)5-13-12(17)14-11-6-15(7-11)9(2)16/h8,10-11H,3-7H2,1-2H3,(H2,13,14,17)/t8-/m0/s1. The van der Waals surface area contributed by atoms with Crippen molar-refractivity contribution in [3.05, 3.63) is 0 Å². The summed E-state index contributed by atoms with van der Waals surface area (Å²) >= 11 is 0. The first-order valence-electron chi connectivity index (χ1n) is 6.36. The van der Waals surface area contributed by atoms with E-state index in [1.165, 1.54) is 12.8 Å². The first-order valence-corrected chi connectivity index (χ1v) is 6.36. The van der Waals surface area contributed by atoms with Crippen LogP contribution in [0.15, 0.2) is 0 Å². The number of hydrogen-bond donors (Lipinski definition) is 2. The van der Waals surface area contributed by atoms with E-state index in [2.05, 4.69) is 17.6 Å². The van der Waals surface area contributed by atoms with Crippen molar-refractivity contribution in [1.82, 2.24) is 15.5 Å². The van der Waals surface area contributed by atoms with Crippen molar-refractivity contribution in [2.75, 3.05) is 19.6 Å². The molecule has 1 heterocycles. The molecule has 1 aliphatic heterocycles. The Hall–Kier alpha value is -1.26. The van der Waals surface area contributed by atoms with Crippen LogP contribution in [0.4, 0.5) is 4.79 Å². The maximum absolute atomic E-state index is 11.5. The van der Waals surface area contributed by atoms with E-state index in [1.54, 1.807) is 11.8 Å². The number of likely N-dealkylation sites (tertiary alicyclic amines) is 1. The molecule has 2 aliphatic rings. The molecule has 0 aromatic rings. The molecule has 2 N–H and O–H groups in total. The minimum absolute atomic E-state index is 0.0748.